The van der Waals surface area contributed by atoms with E-state index in [0.29, 0.717) is 0 Å². The van der Waals surface area contributed by atoms with Gasteiger partial charge in [-0.05, 0) is 72.8 Å². The van der Waals surface area contributed by atoms with Gasteiger partial charge in [0.15, 0.2) is 0 Å². The second kappa shape index (κ2) is 7.32. The summed E-state index contributed by atoms with van der Waals surface area (Å²) in [6, 6.07) is 43.7. The van der Waals surface area contributed by atoms with Gasteiger partial charge < -0.3 is 13.6 Å². The molecule has 6 aromatic carbocycles. The number of hydrogen-bond donors (Lipinski definition) is 0. The van der Waals surface area contributed by atoms with Crippen LogP contribution in [0.4, 0.5) is 0 Å². The van der Waals surface area contributed by atoms with Crippen LogP contribution in [0, 0.1) is 0 Å². The molecule has 40 heavy (non-hydrogen) atoms. The molecule has 0 atom stereocenters. The van der Waals surface area contributed by atoms with E-state index in [-0.39, 0.29) is 0 Å². The first-order valence-corrected chi connectivity index (χ1v) is 14.3. The van der Waals surface area contributed by atoms with Crippen LogP contribution < -0.4 is 0 Å². The summed E-state index contributed by atoms with van der Waals surface area (Å²) in [5.41, 5.74) is 9.12. The predicted molar refractivity (Wildman–Crippen MR) is 169 cm³/mol. The maximum atomic E-state index is 6.16. The van der Waals surface area contributed by atoms with Crippen LogP contribution in [0.25, 0.3) is 86.3 Å². The highest BCUT2D eigenvalue weighted by atomic mass is 32.1. The predicted octanol–water partition coefficient (Wildman–Crippen LogP) is 10.4. The van der Waals surface area contributed by atoms with Crippen molar-refractivity contribution < 1.29 is 4.42 Å². The Morgan fingerprint density at radius 3 is 1.75 bits per heavy atom. The number of nitrogens with zero attached hydrogens (tertiary/aromatic N) is 2. The van der Waals surface area contributed by atoms with Gasteiger partial charge in [-0.3, -0.25) is 0 Å². The molecule has 0 saturated carbocycles. The number of aromatic nitrogens is 2. The fourth-order valence-corrected chi connectivity index (χ4v) is 8.06. The maximum Gasteiger partial charge on any atom is 0.135 e. The van der Waals surface area contributed by atoms with E-state index in [1.54, 1.807) is 0 Å². The molecule has 0 spiro atoms. The summed E-state index contributed by atoms with van der Waals surface area (Å²) < 4.78 is 13.6. The third-order valence-electron chi connectivity index (χ3n) is 8.49. The van der Waals surface area contributed by atoms with Crippen molar-refractivity contribution in [2.24, 2.45) is 0 Å². The van der Waals surface area contributed by atoms with Crippen LogP contribution in [-0.4, -0.2) is 9.13 Å². The van der Waals surface area contributed by atoms with Gasteiger partial charge in [-0.2, -0.15) is 0 Å². The van der Waals surface area contributed by atoms with E-state index in [1.165, 1.54) is 58.7 Å². The van der Waals surface area contributed by atoms with Crippen LogP contribution in [0.15, 0.2) is 126 Å². The molecule has 0 aliphatic carbocycles. The SMILES string of the molecule is c1ccc(-n2c3cccc4sc5cccc6c5c5c(c43)c2ccc5n6-c2ccc3oc4ccccc4c3c2)cc1. The van der Waals surface area contributed by atoms with Gasteiger partial charge in [0.1, 0.15) is 11.2 Å². The van der Waals surface area contributed by atoms with E-state index in [2.05, 4.69) is 118 Å². The molecule has 0 unspecified atom stereocenters. The highest BCUT2D eigenvalue weighted by Gasteiger charge is 2.24. The van der Waals surface area contributed by atoms with Crippen molar-refractivity contribution in [2.45, 2.75) is 0 Å². The average molecular weight is 529 g/mol. The van der Waals surface area contributed by atoms with Gasteiger partial charge in [0, 0.05) is 53.1 Å². The first-order chi connectivity index (χ1) is 19.8. The van der Waals surface area contributed by atoms with E-state index in [4.69, 9.17) is 4.42 Å². The van der Waals surface area contributed by atoms with Crippen molar-refractivity contribution in [1.29, 1.82) is 0 Å². The molecule has 3 nitrogen and oxygen atoms in total. The Labute approximate surface area is 232 Å². The molecule has 0 radical (unpaired) electrons. The quantitative estimate of drug-likeness (QED) is 0.219. The Morgan fingerprint density at radius 1 is 0.425 bits per heavy atom. The normalized spacial score (nSPS) is 12.5. The van der Waals surface area contributed by atoms with Crippen LogP contribution in [0.2, 0.25) is 0 Å². The monoisotopic (exact) mass is 528 g/mol. The largest absolute Gasteiger partial charge is 0.456 e. The summed E-state index contributed by atoms with van der Waals surface area (Å²) in [4.78, 5) is 0. The van der Waals surface area contributed by atoms with Crippen LogP contribution in [0.5, 0.6) is 0 Å². The van der Waals surface area contributed by atoms with E-state index >= 15 is 0 Å². The van der Waals surface area contributed by atoms with Gasteiger partial charge in [0.05, 0.1) is 22.1 Å². The summed E-state index contributed by atoms with van der Waals surface area (Å²) in [5.74, 6) is 0. The summed E-state index contributed by atoms with van der Waals surface area (Å²) in [6.45, 7) is 0. The number of fused-ring (bicyclic) bond motifs is 3. The Hall–Kier alpha value is -5.06. The molecule has 0 N–H and O–H groups in total. The van der Waals surface area contributed by atoms with Crippen LogP contribution in [0.1, 0.15) is 0 Å². The topological polar surface area (TPSA) is 23.0 Å². The molecule has 4 heteroatoms. The summed E-state index contributed by atoms with van der Waals surface area (Å²) in [7, 11) is 0. The van der Waals surface area contributed by atoms with E-state index in [9.17, 15) is 0 Å². The van der Waals surface area contributed by atoms with Crippen LogP contribution in [-0.2, 0) is 0 Å². The lowest BCUT2D eigenvalue weighted by molar-refractivity contribution is 0.669. The standard InChI is InChI=1S/C36H20N2OS/c1-2-8-21(9-3-1)37-25-11-6-14-31-33(25)35-27(37)17-18-28-36(35)34-26(12-7-15-32(34)40-31)38(28)22-16-19-30-24(20-22)23-10-4-5-13-29(23)39-30/h1-20H. The van der Waals surface area contributed by atoms with Crippen molar-refractivity contribution in [2.75, 3.05) is 0 Å². The van der Waals surface area contributed by atoms with Crippen molar-refractivity contribution in [3.8, 4) is 11.4 Å². The number of benzene rings is 6. The van der Waals surface area contributed by atoms with E-state index in [1.807, 2.05) is 23.5 Å². The number of hydrogen-bond acceptors (Lipinski definition) is 2. The molecule has 4 aromatic heterocycles. The molecule has 10 rings (SSSR count). The Balaban J connectivity index is 1.42. The average Bonchev–Trinajstić information content (AvgIpc) is 3.61. The van der Waals surface area contributed by atoms with Gasteiger partial charge in [-0.25, -0.2) is 0 Å². The number of rotatable bonds is 2. The van der Waals surface area contributed by atoms with Crippen molar-refractivity contribution in [3.63, 3.8) is 0 Å². The van der Waals surface area contributed by atoms with Gasteiger partial charge in [-0.1, -0.05) is 48.5 Å². The smallest absolute Gasteiger partial charge is 0.135 e. The maximum absolute atomic E-state index is 6.16. The van der Waals surface area contributed by atoms with E-state index in [0.717, 1.165) is 27.6 Å². The first-order valence-electron chi connectivity index (χ1n) is 13.5. The van der Waals surface area contributed by atoms with Crippen molar-refractivity contribution in [1.82, 2.24) is 9.13 Å². The lowest BCUT2D eigenvalue weighted by atomic mass is 10.1. The zero-order valence-corrected chi connectivity index (χ0v) is 22.1. The molecule has 10 aromatic rings. The fraction of sp³-hybridized carbons (Fsp3) is 0. The summed E-state index contributed by atoms with van der Waals surface area (Å²) in [5, 5.41) is 7.62. The van der Waals surface area contributed by atoms with Gasteiger partial charge in [0.2, 0.25) is 0 Å². The van der Waals surface area contributed by atoms with Crippen molar-refractivity contribution in [3.05, 3.63) is 121 Å². The van der Waals surface area contributed by atoms with Crippen LogP contribution in [0.3, 0.4) is 0 Å². The van der Waals surface area contributed by atoms with Gasteiger partial charge in [-0.15, -0.1) is 11.3 Å². The number of para-hydroxylation sites is 2. The molecular weight excluding hydrogens is 508 g/mol. The third-order valence-corrected chi connectivity index (χ3v) is 9.61. The van der Waals surface area contributed by atoms with Crippen LogP contribution >= 0.6 is 11.3 Å². The minimum atomic E-state index is 0.918. The second-order valence-electron chi connectivity index (χ2n) is 10.5. The minimum absolute atomic E-state index is 0.918. The lowest BCUT2D eigenvalue weighted by Gasteiger charge is -2.09. The van der Waals surface area contributed by atoms with Crippen molar-refractivity contribution >= 4 is 86.3 Å². The lowest BCUT2D eigenvalue weighted by Crippen LogP contribution is -1.94. The zero-order chi connectivity index (χ0) is 25.9. The zero-order valence-electron chi connectivity index (χ0n) is 21.3. The Kier molecular flexibility index (Phi) is 3.81. The molecule has 0 saturated heterocycles. The van der Waals surface area contributed by atoms with Gasteiger partial charge in [0.25, 0.3) is 0 Å². The Morgan fingerprint density at radius 2 is 1.02 bits per heavy atom. The highest BCUT2D eigenvalue weighted by molar-refractivity contribution is 7.24. The highest BCUT2D eigenvalue weighted by Crippen LogP contribution is 2.48. The fourth-order valence-electron chi connectivity index (χ4n) is 6.91. The van der Waals surface area contributed by atoms with Gasteiger partial charge >= 0.3 is 0 Å². The summed E-state index contributed by atoms with van der Waals surface area (Å²) >= 11 is 1.89. The molecule has 186 valence electrons. The Bertz CT molecular complexity index is 2590. The second-order valence-corrected chi connectivity index (χ2v) is 11.6. The molecule has 4 heterocycles. The number of furan rings is 1. The third kappa shape index (κ3) is 2.50. The molecule has 0 aliphatic heterocycles. The molecule has 0 amide bonds. The first kappa shape index (κ1) is 20.8. The molecule has 0 fully saturated rings. The van der Waals surface area contributed by atoms with E-state index < -0.39 is 0 Å². The molecular formula is C36H20N2OS. The molecule has 0 bridgehead atoms. The molecule has 0 aliphatic rings. The summed E-state index contributed by atoms with van der Waals surface area (Å²) in [6.07, 6.45) is 0. The minimum Gasteiger partial charge on any atom is -0.456 e.